The first-order valence-corrected chi connectivity index (χ1v) is 8.96. The number of nitrogens with one attached hydrogen (secondary N) is 1. The molecule has 5 nitrogen and oxygen atoms in total. The van der Waals surface area contributed by atoms with E-state index in [-0.39, 0.29) is 5.91 Å². The van der Waals surface area contributed by atoms with Crippen LogP contribution in [0, 0.1) is 13.8 Å². The number of aryl methyl sites for hydroxylation is 2. The monoisotopic (exact) mass is 354 g/mol. The molecule has 1 N–H and O–H groups in total. The molecule has 0 bridgehead atoms. The molecule has 25 heavy (non-hydrogen) atoms. The van der Waals surface area contributed by atoms with E-state index in [4.69, 9.17) is 9.47 Å². The highest BCUT2D eigenvalue weighted by molar-refractivity contribution is 7.22. The van der Waals surface area contributed by atoms with Gasteiger partial charge < -0.3 is 14.8 Å². The molecule has 1 aromatic heterocycles. The minimum atomic E-state index is -0.0664. The van der Waals surface area contributed by atoms with Crippen molar-refractivity contribution < 1.29 is 14.3 Å². The fraction of sp³-hybridized carbons (Fsp3) is 0.263. The highest BCUT2D eigenvalue weighted by atomic mass is 32.1. The maximum Gasteiger partial charge on any atom is 0.230 e. The molecule has 1 amide bonds. The lowest BCUT2D eigenvalue weighted by molar-refractivity contribution is -0.115. The molecule has 2 heterocycles. The van der Waals surface area contributed by atoms with Crippen molar-refractivity contribution in [2.24, 2.45) is 0 Å². The van der Waals surface area contributed by atoms with E-state index in [2.05, 4.69) is 16.4 Å². The Kier molecular flexibility index (Phi) is 4.05. The Morgan fingerprint density at radius 3 is 2.68 bits per heavy atom. The summed E-state index contributed by atoms with van der Waals surface area (Å²) in [5.74, 6) is 1.37. The minimum Gasteiger partial charge on any atom is -0.486 e. The summed E-state index contributed by atoms with van der Waals surface area (Å²) in [4.78, 5) is 16.8. The number of aromatic nitrogens is 1. The molecule has 0 saturated carbocycles. The lowest BCUT2D eigenvalue weighted by Gasteiger charge is -2.17. The van der Waals surface area contributed by atoms with Crippen LogP contribution in [-0.2, 0) is 11.2 Å². The molecule has 128 valence electrons. The molecular weight excluding hydrogens is 336 g/mol. The van der Waals surface area contributed by atoms with Gasteiger partial charge in [-0.2, -0.15) is 0 Å². The Labute approximate surface area is 149 Å². The van der Waals surface area contributed by atoms with Gasteiger partial charge in [-0.15, -0.1) is 0 Å². The van der Waals surface area contributed by atoms with Crippen molar-refractivity contribution in [3.63, 3.8) is 0 Å². The van der Waals surface area contributed by atoms with Crippen LogP contribution in [0.2, 0.25) is 0 Å². The van der Waals surface area contributed by atoms with Gasteiger partial charge in [0.15, 0.2) is 16.6 Å². The predicted molar refractivity (Wildman–Crippen MR) is 98.9 cm³/mol. The molecular formula is C19H18N2O3S. The number of carbonyl (C=O) groups excluding carboxylic acids is 1. The van der Waals surface area contributed by atoms with Gasteiger partial charge in [0.1, 0.15) is 13.2 Å². The van der Waals surface area contributed by atoms with E-state index in [0.29, 0.717) is 30.5 Å². The molecule has 1 aliphatic heterocycles. The predicted octanol–water partition coefficient (Wildman–Crippen LogP) is 3.87. The van der Waals surface area contributed by atoms with Crippen molar-refractivity contribution in [2.75, 3.05) is 18.5 Å². The third kappa shape index (κ3) is 3.30. The Balaban J connectivity index is 1.52. The van der Waals surface area contributed by atoms with Crippen LogP contribution < -0.4 is 14.8 Å². The number of anilines is 1. The van der Waals surface area contributed by atoms with Crippen molar-refractivity contribution in [2.45, 2.75) is 20.3 Å². The third-order valence-electron chi connectivity index (χ3n) is 4.15. The second-order valence-corrected chi connectivity index (χ2v) is 7.17. The molecule has 0 radical (unpaired) electrons. The maximum atomic E-state index is 12.4. The lowest BCUT2D eigenvalue weighted by Crippen LogP contribution is -2.15. The summed E-state index contributed by atoms with van der Waals surface area (Å²) >= 11 is 1.44. The number of fused-ring (bicyclic) bond motifs is 2. The zero-order valence-corrected chi connectivity index (χ0v) is 14.9. The van der Waals surface area contributed by atoms with Gasteiger partial charge >= 0.3 is 0 Å². The Hall–Kier alpha value is -2.60. The van der Waals surface area contributed by atoms with Gasteiger partial charge in [0.25, 0.3) is 0 Å². The normalized spacial score (nSPS) is 13.0. The average Bonchev–Trinajstić information content (AvgIpc) is 2.96. The summed E-state index contributed by atoms with van der Waals surface area (Å²) in [5, 5.41) is 3.49. The number of amides is 1. The van der Waals surface area contributed by atoms with E-state index in [1.165, 1.54) is 16.9 Å². The largest absolute Gasteiger partial charge is 0.486 e. The molecule has 6 heteroatoms. The molecule has 0 atom stereocenters. The van der Waals surface area contributed by atoms with Crippen LogP contribution in [-0.4, -0.2) is 24.1 Å². The quantitative estimate of drug-likeness (QED) is 0.776. The molecule has 3 aromatic rings. The smallest absolute Gasteiger partial charge is 0.230 e. The van der Waals surface area contributed by atoms with Crippen molar-refractivity contribution in [3.05, 3.63) is 47.0 Å². The molecule has 1 aliphatic rings. The van der Waals surface area contributed by atoms with E-state index < -0.39 is 0 Å². The Morgan fingerprint density at radius 1 is 1.16 bits per heavy atom. The second kappa shape index (κ2) is 6.37. The van der Waals surface area contributed by atoms with E-state index in [1.54, 1.807) is 0 Å². The molecule has 2 aromatic carbocycles. The van der Waals surface area contributed by atoms with E-state index in [9.17, 15) is 4.79 Å². The van der Waals surface area contributed by atoms with Crippen LogP contribution in [0.25, 0.3) is 10.2 Å². The van der Waals surface area contributed by atoms with Gasteiger partial charge in [-0.25, -0.2) is 4.98 Å². The molecule has 0 aliphatic carbocycles. The molecule has 4 rings (SSSR count). The van der Waals surface area contributed by atoms with Crippen LogP contribution in [0.15, 0.2) is 30.3 Å². The average molecular weight is 354 g/mol. The minimum absolute atomic E-state index is 0.0664. The first kappa shape index (κ1) is 15.9. The number of ether oxygens (including phenoxy) is 2. The first-order valence-electron chi connectivity index (χ1n) is 8.15. The van der Waals surface area contributed by atoms with Crippen LogP contribution in [0.4, 0.5) is 5.13 Å². The zero-order valence-electron chi connectivity index (χ0n) is 14.1. The van der Waals surface area contributed by atoms with Crippen LogP contribution >= 0.6 is 11.3 Å². The van der Waals surface area contributed by atoms with Gasteiger partial charge in [0.2, 0.25) is 5.91 Å². The van der Waals surface area contributed by atoms with Gasteiger partial charge in [0, 0.05) is 12.1 Å². The van der Waals surface area contributed by atoms with Crippen LogP contribution in [0.3, 0.4) is 0 Å². The fourth-order valence-electron chi connectivity index (χ4n) is 2.90. The number of hydrogen-bond donors (Lipinski definition) is 1. The number of nitrogens with zero attached hydrogens (tertiary/aromatic N) is 1. The lowest BCUT2D eigenvalue weighted by atomic mass is 10.0. The number of rotatable bonds is 3. The summed E-state index contributed by atoms with van der Waals surface area (Å²) in [6, 6.07) is 9.90. The van der Waals surface area contributed by atoms with Crippen molar-refractivity contribution >= 4 is 32.6 Å². The standard InChI is InChI=1S/C19H18N2O3S/c1-11-3-4-13(12(2)7-11)8-18(22)21-19-20-14-9-15-16(10-17(14)25-19)24-6-5-23-15/h3-4,7,9-10H,5-6,8H2,1-2H3,(H,20,21,22). The fourth-order valence-corrected chi connectivity index (χ4v) is 3.79. The van der Waals surface area contributed by atoms with Gasteiger partial charge in [-0.05, 0) is 25.0 Å². The van der Waals surface area contributed by atoms with Crippen molar-refractivity contribution in [1.29, 1.82) is 0 Å². The van der Waals surface area contributed by atoms with Gasteiger partial charge in [-0.3, -0.25) is 4.79 Å². The topological polar surface area (TPSA) is 60.5 Å². The summed E-state index contributed by atoms with van der Waals surface area (Å²) < 4.78 is 12.1. The Bertz CT molecular complexity index is 922. The second-order valence-electron chi connectivity index (χ2n) is 6.14. The van der Waals surface area contributed by atoms with Gasteiger partial charge in [0.05, 0.1) is 16.6 Å². The molecule has 0 saturated heterocycles. The third-order valence-corrected chi connectivity index (χ3v) is 5.08. The van der Waals surface area contributed by atoms with E-state index >= 15 is 0 Å². The van der Waals surface area contributed by atoms with Crippen molar-refractivity contribution in [1.82, 2.24) is 4.98 Å². The van der Waals surface area contributed by atoms with Gasteiger partial charge in [-0.1, -0.05) is 35.1 Å². The van der Waals surface area contributed by atoms with E-state index in [1.807, 2.05) is 38.1 Å². The van der Waals surface area contributed by atoms with Crippen LogP contribution in [0.5, 0.6) is 11.5 Å². The number of hydrogen-bond acceptors (Lipinski definition) is 5. The summed E-state index contributed by atoms with van der Waals surface area (Å²) in [5.41, 5.74) is 4.15. The molecule has 0 spiro atoms. The van der Waals surface area contributed by atoms with Crippen molar-refractivity contribution in [3.8, 4) is 11.5 Å². The highest BCUT2D eigenvalue weighted by Gasteiger charge is 2.16. The maximum absolute atomic E-state index is 12.4. The summed E-state index contributed by atoms with van der Waals surface area (Å²) in [6.45, 7) is 5.17. The number of thiazole rings is 1. The number of benzene rings is 2. The summed E-state index contributed by atoms with van der Waals surface area (Å²) in [7, 11) is 0. The summed E-state index contributed by atoms with van der Waals surface area (Å²) in [6.07, 6.45) is 0.338. The molecule has 0 unspecified atom stereocenters. The molecule has 0 fully saturated rings. The SMILES string of the molecule is Cc1ccc(CC(=O)Nc2nc3cc4c(cc3s2)OCCO4)c(C)c1. The number of carbonyl (C=O) groups is 1. The van der Waals surface area contributed by atoms with Crippen LogP contribution in [0.1, 0.15) is 16.7 Å². The van der Waals surface area contributed by atoms with E-state index in [0.717, 1.165) is 27.1 Å². The highest BCUT2D eigenvalue weighted by Crippen LogP contribution is 2.37. The Morgan fingerprint density at radius 2 is 1.92 bits per heavy atom. The first-order chi connectivity index (χ1) is 12.1. The zero-order chi connectivity index (χ0) is 17.4.